The van der Waals surface area contributed by atoms with Crippen molar-refractivity contribution in [2.45, 2.75) is 38.3 Å². The number of unbranched alkanes of at least 4 members (excludes halogenated alkanes) is 1. The number of nitrogens with zero attached hydrogens (tertiary/aromatic N) is 2. The molecule has 2 N–H and O–H groups in total. The molecule has 0 saturated heterocycles. The number of hydrogen-bond donors (Lipinski definition) is 2. The van der Waals surface area contributed by atoms with Crippen molar-refractivity contribution in [2.75, 3.05) is 6.54 Å². The minimum absolute atomic E-state index is 0.163. The van der Waals surface area contributed by atoms with Crippen LogP contribution < -0.4 is 5.32 Å². The number of imidazole rings is 1. The first-order chi connectivity index (χ1) is 8.27. The van der Waals surface area contributed by atoms with Gasteiger partial charge in [0.2, 0.25) is 0 Å². The summed E-state index contributed by atoms with van der Waals surface area (Å²) in [7, 11) is 0. The van der Waals surface area contributed by atoms with Gasteiger partial charge in [0.1, 0.15) is 0 Å². The lowest BCUT2D eigenvalue weighted by Gasteiger charge is -2.34. The second-order valence-electron chi connectivity index (χ2n) is 4.59. The molecule has 17 heavy (non-hydrogen) atoms. The normalized spacial score (nSPS) is 23.3. The van der Waals surface area contributed by atoms with Crippen LogP contribution in [0.1, 0.15) is 25.7 Å². The molecule has 1 heterocycles. The smallest absolute Gasteiger partial charge is 0.308 e. The van der Waals surface area contributed by atoms with E-state index in [1.54, 1.807) is 6.20 Å². The van der Waals surface area contributed by atoms with Crippen molar-refractivity contribution in [3.8, 4) is 0 Å². The predicted octanol–water partition coefficient (Wildman–Crippen LogP) is 1.12. The molecule has 2 atom stereocenters. The predicted molar refractivity (Wildman–Crippen MR) is 63.6 cm³/mol. The first-order valence-corrected chi connectivity index (χ1v) is 6.19. The summed E-state index contributed by atoms with van der Waals surface area (Å²) in [5.41, 5.74) is 0. The third kappa shape index (κ3) is 3.30. The van der Waals surface area contributed by atoms with Gasteiger partial charge >= 0.3 is 5.97 Å². The SMILES string of the molecule is O=C(O)C1CCC1NCCCCn1ccnc1. The van der Waals surface area contributed by atoms with Crippen molar-refractivity contribution in [2.24, 2.45) is 5.92 Å². The fourth-order valence-corrected chi connectivity index (χ4v) is 2.17. The molecule has 1 aromatic heterocycles. The van der Waals surface area contributed by atoms with E-state index in [4.69, 9.17) is 5.11 Å². The van der Waals surface area contributed by atoms with Crippen LogP contribution in [0.25, 0.3) is 0 Å². The zero-order valence-corrected chi connectivity index (χ0v) is 9.88. The quantitative estimate of drug-likeness (QED) is 0.697. The summed E-state index contributed by atoms with van der Waals surface area (Å²) in [5.74, 6) is -0.823. The Labute approximate surface area is 101 Å². The van der Waals surface area contributed by atoms with Crippen LogP contribution in [0.2, 0.25) is 0 Å². The number of nitrogens with one attached hydrogen (secondary N) is 1. The van der Waals surface area contributed by atoms with E-state index in [-0.39, 0.29) is 12.0 Å². The van der Waals surface area contributed by atoms with E-state index in [1.165, 1.54) is 0 Å². The number of aliphatic carboxylic acids is 1. The minimum atomic E-state index is -0.660. The van der Waals surface area contributed by atoms with Crippen molar-refractivity contribution in [3.05, 3.63) is 18.7 Å². The summed E-state index contributed by atoms with van der Waals surface area (Å²) < 4.78 is 2.06. The monoisotopic (exact) mass is 237 g/mol. The second kappa shape index (κ2) is 5.82. The summed E-state index contributed by atoms with van der Waals surface area (Å²) in [5, 5.41) is 12.2. The number of aromatic nitrogens is 2. The molecule has 5 nitrogen and oxygen atoms in total. The standard InChI is InChI=1S/C12H19N3O2/c16-12(17)10-3-4-11(10)14-5-1-2-7-15-8-6-13-9-15/h6,8-11,14H,1-5,7H2,(H,16,17). The molecule has 2 unspecified atom stereocenters. The molecule has 0 amide bonds. The molecule has 0 aromatic carbocycles. The number of rotatable bonds is 7. The van der Waals surface area contributed by atoms with E-state index in [0.717, 1.165) is 38.8 Å². The Balaban J connectivity index is 1.53. The van der Waals surface area contributed by atoms with E-state index in [2.05, 4.69) is 14.9 Å². The Kier molecular flexibility index (Phi) is 4.14. The molecule has 1 saturated carbocycles. The van der Waals surface area contributed by atoms with Gasteiger partial charge in [0, 0.05) is 25.0 Å². The van der Waals surface area contributed by atoms with Crippen molar-refractivity contribution >= 4 is 5.97 Å². The van der Waals surface area contributed by atoms with Crippen LogP contribution >= 0.6 is 0 Å². The number of carbonyl (C=O) groups is 1. The van der Waals surface area contributed by atoms with E-state index in [0.29, 0.717) is 0 Å². The molecule has 94 valence electrons. The van der Waals surface area contributed by atoms with Gasteiger partial charge in [-0.15, -0.1) is 0 Å². The minimum Gasteiger partial charge on any atom is -0.481 e. The Morgan fingerprint density at radius 2 is 2.35 bits per heavy atom. The number of aryl methyl sites for hydroxylation is 1. The van der Waals surface area contributed by atoms with Crippen LogP contribution in [0.5, 0.6) is 0 Å². The van der Waals surface area contributed by atoms with E-state index < -0.39 is 5.97 Å². The fraction of sp³-hybridized carbons (Fsp3) is 0.667. The highest BCUT2D eigenvalue weighted by Crippen LogP contribution is 2.27. The Hall–Kier alpha value is -1.36. The van der Waals surface area contributed by atoms with Gasteiger partial charge in [-0.2, -0.15) is 0 Å². The van der Waals surface area contributed by atoms with E-state index in [9.17, 15) is 4.79 Å². The van der Waals surface area contributed by atoms with Crippen LogP contribution in [0.3, 0.4) is 0 Å². The third-order valence-corrected chi connectivity index (χ3v) is 3.40. The van der Waals surface area contributed by atoms with Gasteiger partial charge in [0.15, 0.2) is 0 Å². The molecule has 0 spiro atoms. The molecule has 5 heteroatoms. The van der Waals surface area contributed by atoms with Gasteiger partial charge in [0.05, 0.1) is 12.2 Å². The Bertz CT molecular complexity index is 351. The highest BCUT2D eigenvalue weighted by molar-refractivity contribution is 5.72. The maximum Gasteiger partial charge on any atom is 0.308 e. The Morgan fingerprint density at radius 1 is 1.47 bits per heavy atom. The first kappa shape index (κ1) is 12.1. The molecular weight excluding hydrogens is 218 g/mol. The lowest BCUT2D eigenvalue weighted by Crippen LogP contribution is -2.47. The zero-order valence-electron chi connectivity index (χ0n) is 9.88. The fourth-order valence-electron chi connectivity index (χ4n) is 2.17. The first-order valence-electron chi connectivity index (χ1n) is 6.19. The lowest BCUT2D eigenvalue weighted by atomic mass is 9.79. The van der Waals surface area contributed by atoms with E-state index in [1.807, 2.05) is 12.5 Å². The average Bonchev–Trinajstić information content (AvgIpc) is 2.73. The second-order valence-corrected chi connectivity index (χ2v) is 4.59. The number of hydrogen-bond acceptors (Lipinski definition) is 3. The topological polar surface area (TPSA) is 67.2 Å². The summed E-state index contributed by atoms with van der Waals surface area (Å²) in [6.07, 6.45) is 9.54. The van der Waals surface area contributed by atoms with Crippen molar-refractivity contribution < 1.29 is 9.90 Å². The average molecular weight is 237 g/mol. The summed E-state index contributed by atoms with van der Waals surface area (Å²) >= 11 is 0. The van der Waals surface area contributed by atoms with Gasteiger partial charge in [-0.1, -0.05) is 0 Å². The van der Waals surface area contributed by atoms with Gasteiger partial charge in [-0.25, -0.2) is 4.98 Å². The number of carboxylic acids is 1. The van der Waals surface area contributed by atoms with Crippen LogP contribution in [-0.4, -0.2) is 33.2 Å². The van der Waals surface area contributed by atoms with Gasteiger partial charge in [-0.3, -0.25) is 4.79 Å². The van der Waals surface area contributed by atoms with Crippen molar-refractivity contribution in [3.63, 3.8) is 0 Å². The molecule has 2 rings (SSSR count). The molecule has 1 aliphatic rings. The third-order valence-electron chi connectivity index (χ3n) is 3.40. The van der Waals surface area contributed by atoms with Crippen LogP contribution in [0, 0.1) is 5.92 Å². The molecule has 1 aliphatic carbocycles. The molecule has 1 aromatic rings. The summed E-state index contributed by atoms with van der Waals surface area (Å²) in [6.45, 7) is 1.89. The molecule has 0 aliphatic heterocycles. The van der Waals surface area contributed by atoms with Crippen LogP contribution in [-0.2, 0) is 11.3 Å². The Morgan fingerprint density at radius 3 is 2.94 bits per heavy atom. The molecular formula is C12H19N3O2. The highest BCUT2D eigenvalue weighted by atomic mass is 16.4. The van der Waals surface area contributed by atoms with Crippen LogP contribution in [0.4, 0.5) is 0 Å². The summed E-state index contributed by atoms with van der Waals surface area (Å²) in [6, 6.07) is 0.195. The molecule has 0 radical (unpaired) electrons. The maximum atomic E-state index is 10.8. The molecule has 1 fully saturated rings. The van der Waals surface area contributed by atoms with Gasteiger partial charge in [-0.05, 0) is 32.2 Å². The zero-order chi connectivity index (χ0) is 12.1. The van der Waals surface area contributed by atoms with E-state index >= 15 is 0 Å². The molecule has 0 bridgehead atoms. The van der Waals surface area contributed by atoms with Gasteiger partial charge < -0.3 is 15.0 Å². The van der Waals surface area contributed by atoms with Crippen LogP contribution in [0.15, 0.2) is 18.7 Å². The van der Waals surface area contributed by atoms with Crippen molar-refractivity contribution in [1.82, 2.24) is 14.9 Å². The maximum absolute atomic E-state index is 10.8. The highest BCUT2D eigenvalue weighted by Gasteiger charge is 2.35. The number of carboxylic acid groups (broad SMARTS) is 1. The summed E-state index contributed by atoms with van der Waals surface area (Å²) in [4.78, 5) is 14.8. The lowest BCUT2D eigenvalue weighted by molar-refractivity contribution is -0.146. The van der Waals surface area contributed by atoms with Gasteiger partial charge in [0.25, 0.3) is 0 Å². The van der Waals surface area contributed by atoms with Crippen molar-refractivity contribution in [1.29, 1.82) is 0 Å². The largest absolute Gasteiger partial charge is 0.481 e.